The number of benzene rings is 1. The van der Waals surface area contributed by atoms with Crippen LogP contribution in [0.1, 0.15) is 113 Å². The van der Waals surface area contributed by atoms with Crippen molar-refractivity contribution in [3.05, 3.63) is 75.5 Å². The normalized spacial score (nSPS) is 11.0. The van der Waals surface area contributed by atoms with Gasteiger partial charge >= 0.3 is 11.7 Å². The fourth-order valence-electron chi connectivity index (χ4n) is 3.44. The van der Waals surface area contributed by atoms with Crippen LogP contribution in [0.25, 0.3) is 0 Å². The Morgan fingerprint density at radius 1 is 1.11 bits per heavy atom. The van der Waals surface area contributed by atoms with E-state index in [0.29, 0.717) is 18.6 Å². The third kappa shape index (κ3) is 13.8. The quantitative estimate of drug-likeness (QED) is 0.214. The van der Waals surface area contributed by atoms with E-state index in [2.05, 4.69) is 48.2 Å². The molecule has 1 atom stereocenters. The molecule has 0 aliphatic heterocycles. The first-order chi connectivity index (χ1) is 18.2. The first-order valence-electron chi connectivity index (χ1n) is 13.7. The molecule has 1 aromatic heterocycles. The minimum atomic E-state index is -0.818. The molecule has 1 amide bonds. The maximum Gasteiger partial charge on any atom is 0.410 e. The topological polar surface area (TPSA) is 106 Å². The number of hydrogen-bond donors (Lipinski definition) is 2. The van der Waals surface area contributed by atoms with E-state index in [-0.39, 0.29) is 23.7 Å². The Labute approximate surface area is 228 Å². The number of Topliss-reactive ketones (excluding diaryl/α,β-unsaturated/α-hetero) is 1. The van der Waals surface area contributed by atoms with Crippen LogP contribution in [0.4, 0.5) is 4.79 Å². The van der Waals surface area contributed by atoms with Crippen molar-refractivity contribution in [2.75, 3.05) is 7.11 Å². The van der Waals surface area contributed by atoms with Crippen LogP contribution in [0, 0.1) is 6.92 Å². The second kappa shape index (κ2) is 20.7. The number of methoxy groups -OCH3 is 1. The van der Waals surface area contributed by atoms with Gasteiger partial charge < -0.3 is 14.3 Å². The molecule has 0 aliphatic carbocycles. The lowest BCUT2D eigenvalue weighted by atomic mass is 10.0. The van der Waals surface area contributed by atoms with Crippen molar-refractivity contribution >= 4 is 11.9 Å². The van der Waals surface area contributed by atoms with Gasteiger partial charge in [-0.1, -0.05) is 89.8 Å². The maximum atomic E-state index is 11.8. The molecule has 0 saturated carbocycles. The molecule has 2 aromatic rings. The summed E-state index contributed by atoms with van der Waals surface area (Å²) in [5, 5.41) is 12.3. The highest BCUT2D eigenvalue weighted by molar-refractivity contribution is 5.97. The minimum Gasteiger partial charge on any atom is -0.507 e. The SMILES string of the molecule is CC.CCC(=O)c1c(O)cc(C(C)CC/C=C/NC(=O)OC)oc1=O.CCCCCCc1ccc(C)cc1. The van der Waals surface area contributed by atoms with Crippen LogP contribution in [0.2, 0.25) is 0 Å². The molecule has 1 heterocycles. The van der Waals surface area contributed by atoms with Crippen molar-refractivity contribution < 1.29 is 23.8 Å². The maximum absolute atomic E-state index is 11.8. The molecule has 212 valence electrons. The molecule has 2 N–H and O–H groups in total. The largest absolute Gasteiger partial charge is 0.507 e. The molecule has 0 bridgehead atoms. The zero-order chi connectivity index (χ0) is 28.9. The number of ether oxygens (including phenoxy) is 1. The smallest absolute Gasteiger partial charge is 0.410 e. The molecule has 7 nitrogen and oxygen atoms in total. The Kier molecular flexibility index (Phi) is 18.9. The lowest BCUT2D eigenvalue weighted by Crippen LogP contribution is -2.16. The van der Waals surface area contributed by atoms with Crippen molar-refractivity contribution in [3.8, 4) is 5.75 Å². The van der Waals surface area contributed by atoms with Gasteiger partial charge in [-0.15, -0.1) is 0 Å². The van der Waals surface area contributed by atoms with Crippen LogP contribution in [-0.4, -0.2) is 24.1 Å². The van der Waals surface area contributed by atoms with Crippen LogP contribution < -0.4 is 10.9 Å². The number of hydrogen-bond acceptors (Lipinski definition) is 6. The van der Waals surface area contributed by atoms with Crippen molar-refractivity contribution in [3.63, 3.8) is 0 Å². The Morgan fingerprint density at radius 3 is 2.32 bits per heavy atom. The molecule has 2 rings (SSSR count). The van der Waals surface area contributed by atoms with Crippen LogP contribution >= 0.6 is 0 Å². The number of unbranched alkanes of at least 4 members (excludes halogenated alkanes) is 3. The Morgan fingerprint density at radius 2 is 1.76 bits per heavy atom. The number of carbonyl (C=O) groups is 2. The highest BCUT2D eigenvalue weighted by Gasteiger charge is 2.19. The lowest BCUT2D eigenvalue weighted by molar-refractivity contribution is 0.0980. The first-order valence-corrected chi connectivity index (χ1v) is 13.7. The van der Waals surface area contributed by atoms with E-state index in [9.17, 15) is 19.5 Å². The number of carbonyl (C=O) groups excluding carboxylic acids is 2. The summed E-state index contributed by atoms with van der Waals surface area (Å²) in [4.78, 5) is 34.2. The van der Waals surface area contributed by atoms with Crippen molar-refractivity contribution in [2.45, 2.75) is 98.8 Å². The summed E-state index contributed by atoms with van der Waals surface area (Å²) in [6.45, 7) is 11.8. The van der Waals surface area contributed by atoms with Crippen LogP contribution in [0.5, 0.6) is 5.75 Å². The van der Waals surface area contributed by atoms with Gasteiger partial charge in [0.25, 0.3) is 0 Å². The van der Waals surface area contributed by atoms with E-state index in [1.165, 1.54) is 62.6 Å². The molecule has 0 saturated heterocycles. The van der Waals surface area contributed by atoms with Crippen LogP contribution in [0.15, 0.2) is 51.8 Å². The molecule has 0 aliphatic rings. The van der Waals surface area contributed by atoms with Gasteiger partial charge in [0.1, 0.15) is 17.1 Å². The van der Waals surface area contributed by atoms with Crippen molar-refractivity contribution in [2.24, 2.45) is 0 Å². The number of rotatable bonds is 12. The fraction of sp³-hybridized carbons (Fsp3) is 0.516. The van der Waals surface area contributed by atoms with E-state index < -0.39 is 17.5 Å². The molecular formula is C31H47NO6. The summed E-state index contributed by atoms with van der Waals surface area (Å²) >= 11 is 0. The number of nitrogens with one attached hydrogen (secondary N) is 1. The van der Waals surface area contributed by atoms with Gasteiger partial charge in [0.15, 0.2) is 5.78 Å². The van der Waals surface area contributed by atoms with Gasteiger partial charge in [-0.3, -0.25) is 10.1 Å². The fourth-order valence-corrected chi connectivity index (χ4v) is 3.44. The monoisotopic (exact) mass is 529 g/mol. The zero-order valence-corrected chi connectivity index (χ0v) is 24.3. The second-order valence-electron chi connectivity index (χ2n) is 8.79. The summed E-state index contributed by atoms with van der Waals surface area (Å²) in [6, 6.07) is 10.2. The Hall–Kier alpha value is -3.35. The van der Waals surface area contributed by atoms with Crippen LogP contribution in [0.3, 0.4) is 0 Å². The van der Waals surface area contributed by atoms with Gasteiger partial charge in [-0.25, -0.2) is 9.59 Å². The summed E-state index contributed by atoms with van der Waals surface area (Å²) in [7, 11) is 1.27. The average molecular weight is 530 g/mol. The Bertz CT molecular complexity index is 1020. The molecule has 0 radical (unpaired) electrons. The van der Waals surface area contributed by atoms with Gasteiger partial charge in [-0.05, 0) is 38.2 Å². The number of amides is 1. The summed E-state index contributed by atoms with van der Waals surface area (Å²) in [5.41, 5.74) is 1.73. The van der Waals surface area contributed by atoms with Gasteiger partial charge in [0.2, 0.25) is 0 Å². The lowest BCUT2D eigenvalue weighted by Gasteiger charge is -2.10. The predicted molar refractivity (Wildman–Crippen MR) is 154 cm³/mol. The molecule has 0 spiro atoms. The average Bonchev–Trinajstić information content (AvgIpc) is 2.92. The summed E-state index contributed by atoms with van der Waals surface area (Å²) < 4.78 is 9.54. The molecule has 1 unspecified atom stereocenters. The van der Waals surface area contributed by atoms with E-state index in [4.69, 9.17) is 4.42 Å². The van der Waals surface area contributed by atoms with Crippen molar-refractivity contribution in [1.29, 1.82) is 0 Å². The third-order valence-electron chi connectivity index (χ3n) is 5.75. The van der Waals surface area contributed by atoms with E-state index in [1.54, 1.807) is 13.0 Å². The van der Waals surface area contributed by atoms with E-state index in [1.807, 2.05) is 20.8 Å². The van der Waals surface area contributed by atoms with E-state index in [0.717, 1.165) is 0 Å². The highest BCUT2D eigenvalue weighted by Crippen LogP contribution is 2.25. The van der Waals surface area contributed by atoms with Crippen LogP contribution in [-0.2, 0) is 11.2 Å². The number of ketones is 1. The molecule has 1 aromatic carbocycles. The standard InChI is InChI=1S/C16H21NO6.C13H20.C2H6/c1-4-11(18)14-12(19)9-13(23-15(14)20)10(2)7-5-6-8-17-16(21)22-3;1-3-4-5-6-7-13-10-8-12(2)9-11-13;1-2/h6,8-10,19H,4-5,7H2,1-3H3,(H,17,21);8-11H,3-7H2,1-2H3;1-2H3/b8-6+;;. The zero-order valence-electron chi connectivity index (χ0n) is 24.3. The van der Waals surface area contributed by atoms with Gasteiger partial charge in [0.05, 0.1) is 7.11 Å². The highest BCUT2D eigenvalue weighted by atomic mass is 16.5. The first kappa shape index (κ1) is 34.6. The van der Waals surface area contributed by atoms with Gasteiger partial charge in [0, 0.05) is 24.6 Å². The minimum absolute atomic E-state index is 0.116. The number of aromatic hydroxyl groups is 1. The molecule has 0 fully saturated rings. The van der Waals surface area contributed by atoms with E-state index >= 15 is 0 Å². The number of allylic oxidation sites excluding steroid dienone is 1. The number of alkyl carbamates (subject to hydrolysis) is 1. The summed E-state index contributed by atoms with van der Waals surface area (Å²) in [5.74, 6) is -0.623. The third-order valence-corrected chi connectivity index (χ3v) is 5.75. The number of aryl methyl sites for hydroxylation is 2. The molecular weight excluding hydrogens is 482 g/mol. The second-order valence-corrected chi connectivity index (χ2v) is 8.79. The molecule has 38 heavy (non-hydrogen) atoms. The predicted octanol–water partition coefficient (Wildman–Crippen LogP) is 7.84. The van der Waals surface area contributed by atoms with Crippen molar-refractivity contribution in [1.82, 2.24) is 5.32 Å². The van der Waals surface area contributed by atoms with Gasteiger partial charge in [-0.2, -0.15) is 0 Å². The Balaban J connectivity index is 0.000000770. The summed E-state index contributed by atoms with van der Waals surface area (Å²) in [6.07, 6.45) is 10.7. The molecule has 7 heteroatoms.